The molecule has 0 fully saturated rings. The molecule has 0 saturated heterocycles. The van der Waals surface area contributed by atoms with Gasteiger partial charge in [0.2, 0.25) is 16.0 Å². The standard InChI is InChI=1S/C20H22FN5O3S/c1-13-4-7-16(11-18(13)30(22,28)29)25-20-23-12-17(21)19(26-20)24-15-8-5-14(6-9-15)3-2-10-27/h4-9,11-12,27H,2-3,10H2,1H3,(H2,22,28,29)(H2,23,24,25,26). The number of hydrogen-bond donors (Lipinski definition) is 4. The van der Waals surface area contributed by atoms with Crippen LogP contribution in [0, 0.1) is 12.7 Å². The van der Waals surface area contributed by atoms with Gasteiger partial charge in [0.15, 0.2) is 11.6 Å². The smallest absolute Gasteiger partial charge is 0.238 e. The van der Waals surface area contributed by atoms with Crippen LogP contribution in [0.2, 0.25) is 0 Å². The largest absolute Gasteiger partial charge is 0.396 e. The van der Waals surface area contributed by atoms with Crippen LogP contribution in [0.15, 0.2) is 53.6 Å². The summed E-state index contributed by atoms with van der Waals surface area (Å²) in [6.07, 6.45) is 2.44. The van der Waals surface area contributed by atoms with Gasteiger partial charge in [0.25, 0.3) is 0 Å². The van der Waals surface area contributed by atoms with E-state index in [1.807, 2.05) is 12.1 Å². The fourth-order valence-electron chi connectivity index (χ4n) is 2.80. The average molecular weight is 431 g/mol. The molecule has 2 aromatic carbocycles. The highest BCUT2D eigenvalue weighted by Gasteiger charge is 2.13. The molecule has 0 aliphatic carbocycles. The molecule has 10 heteroatoms. The quantitative estimate of drug-likeness (QED) is 0.431. The minimum Gasteiger partial charge on any atom is -0.396 e. The first kappa shape index (κ1) is 21.6. The van der Waals surface area contributed by atoms with Crippen molar-refractivity contribution in [1.82, 2.24) is 9.97 Å². The van der Waals surface area contributed by atoms with Crippen LogP contribution in [-0.2, 0) is 16.4 Å². The van der Waals surface area contributed by atoms with Gasteiger partial charge in [0, 0.05) is 18.0 Å². The molecule has 8 nitrogen and oxygen atoms in total. The van der Waals surface area contributed by atoms with Gasteiger partial charge in [-0.1, -0.05) is 18.2 Å². The Hall–Kier alpha value is -3.08. The second kappa shape index (κ2) is 9.16. The fraction of sp³-hybridized carbons (Fsp3) is 0.200. The lowest BCUT2D eigenvalue weighted by Crippen LogP contribution is -2.14. The Kier molecular flexibility index (Phi) is 6.60. The van der Waals surface area contributed by atoms with Crippen molar-refractivity contribution in [2.45, 2.75) is 24.7 Å². The summed E-state index contributed by atoms with van der Waals surface area (Å²) in [5.41, 5.74) is 2.60. The number of nitrogens with one attached hydrogen (secondary N) is 2. The van der Waals surface area contributed by atoms with Gasteiger partial charge in [-0.05, 0) is 55.2 Å². The number of primary sulfonamides is 1. The van der Waals surface area contributed by atoms with E-state index in [0.29, 0.717) is 23.4 Å². The highest BCUT2D eigenvalue weighted by molar-refractivity contribution is 7.89. The van der Waals surface area contributed by atoms with Crippen molar-refractivity contribution in [2.75, 3.05) is 17.2 Å². The Bertz CT molecular complexity index is 1140. The first-order valence-corrected chi connectivity index (χ1v) is 10.7. The summed E-state index contributed by atoms with van der Waals surface area (Å²) in [6, 6.07) is 12.0. The van der Waals surface area contributed by atoms with Crippen molar-refractivity contribution < 1.29 is 17.9 Å². The van der Waals surface area contributed by atoms with Crippen LogP contribution >= 0.6 is 0 Å². The van der Waals surface area contributed by atoms with E-state index in [9.17, 15) is 12.8 Å². The molecule has 0 unspecified atom stereocenters. The summed E-state index contributed by atoms with van der Waals surface area (Å²) in [7, 11) is -3.88. The minimum absolute atomic E-state index is 0.0192. The van der Waals surface area contributed by atoms with Crippen LogP contribution in [0.25, 0.3) is 0 Å². The number of sulfonamides is 1. The van der Waals surface area contributed by atoms with Crippen molar-refractivity contribution in [3.8, 4) is 0 Å². The molecule has 0 aliphatic heterocycles. The molecule has 0 amide bonds. The molecule has 0 spiro atoms. The van der Waals surface area contributed by atoms with E-state index < -0.39 is 15.8 Å². The lowest BCUT2D eigenvalue weighted by molar-refractivity contribution is 0.288. The molecule has 0 aliphatic rings. The maximum Gasteiger partial charge on any atom is 0.238 e. The third-order valence-corrected chi connectivity index (χ3v) is 5.39. The molecule has 0 bridgehead atoms. The number of aliphatic hydroxyl groups is 1. The number of rotatable bonds is 8. The number of hydrogen-bond acceptors (Lipinski definition) is 7. The lowest BCUT2D eigenvalue weighted by atomic mass is 10.1. The van der Waals surface area contributed by atoms with Gasteiger partial charge in [0.1, 0.15) is 0 Å². The lowest BCUT2D eigenvalue weighted by Gasteiger charge is -2.11. The van der Waals surface area contributed by atoms with E-state index in [-0.39, 0.29) is 23.3 Å². The van der Waals surface area contributed by atoms with Crippen LogP contribution < -0.4 is 15.8 Å². The van der Waals surface area contributed by atoms with E-state index in [0.717, 1.165) is 18.2 Å². The highest BCUT2D eigenvalue weighted by Crippen LogP contribution is 2.23. The molecule has 1 heterocycles. The molecule has 3 rings (SSSR count). The Labute approximate surface area is 174 Å². The topological polar surface area (TPSA) is 130 Å². The summed E-state index contributed by atoms with van der Waals surface area (Å²) in [5.74, 6) is -0.587. The first-order valence-electron chi connectivity index (χ1n) is 9.16. The molecule has 3 aromatic rings. The maximum atomic E-state index is 14.2. The second-order valence-electron chi connectivity index (χ2n) is 6.69. The van der Waals surface area contributed by atoms with Crippen molar-refractivity contribution >= 4 is 33.2 Å². The number of aliphatic hydroxyl groups excluding tert-OH is 1. The molecular weight excluding hydrogens is 409 g/mol. The van der Waals surface area contributed by atoms with Gasteiger partial charge in [-0.2, -0.15) is 4.98 Å². The van der Waals surface area contributed by atoms with Gasteiger partial charge >= 0.3 is 0 Å². The van der Waals surface area contributed by atoms with E-state index >= 15 is 0 Å². The average Bonchev–Trinajstić information content (AvgIpc) is 2.70. The first-order chi connectivity index (χ1) is 14.3. The third kappa shape index (κ3) is 5.50. The fourth-order valence-corrected chi connectivity index (χ4v) is 3.61. The zero-order chi connectivity index (χ0) is 21.7. The van der Waals surface area contributed by atoms with E-state index in [2.05, 4.69) is 20.6 Å². The zero-order valence-corrected chi connectivity index (χ0v) is 17.1. The van der Waals surface area contributed by atoms with Gasteiger partial charge in [-0.3, -0.25) is 0 Å². The molecule has 5 N–H and O–H groups in total. The van der Waals surface area contributed by atoms with Crippen LogP contribution in [0.3, 0.4) is 0 Å². The third-order valence-electron chi connectivity index (χ3n) is 4.34. The number of aryl methyl sites for hydroxylation is 2. The van der Waals surface area contributed by atoms with Gasteiger partial charge in [-0.25, -0.2) is 22.9 Å². The van der Waals surface area contributed by atoms with E-state index in [1.54, 1.807) is 31.2 Å². The number of benzene rings is 2. The number of nitrogens with two attached hydrogens (primary N) is 1. The monoisotopic (exact) mass is 431 g/mol. The van der Waals surface area contributed by atoms with Gasteiger partial charge in [0.05, 0.1) is 11.1 Å². The van der Waals surface area contributed by atoms with Crippen LogP contribution in [0.5, 0.6) is 0 Å². The number of aromatic nitrogens is 2. The van der Waals surface area contributed by atoms with Crippen molar-refractivity contribution in [2.24, 2.45) is 5.14 Å². The molecular formula is C20H22FN5O3S. The van der Waals surface area contributed by atoms with Crippen LogP contribution in [-0.4, -0.2) is 30.1 Å². The Morgan fingerprint density at radius 1 is 1.10 bits per heavy atom. The molecule has 158 valence electrons. The SMILES string of the molecule is Cc1ccc(Nc2ncc(F)c(Nc3ccc(CCCO)cc3)n2)cc1S(N)(=O)=O. The van der Waals surface area contributed by atoms with Crippen LogP contribution in [0.1, 0.15) is 17.5 Å². The van der Waals surface area contributed by atoms with Gasteiger partial charge in [-0.15, -0.1) is 0 Å². The highest BCUT2D eigenvalue weighted by atomic mass is 32.2. The molecule has 0 saturated carbocycles. The molecule has 1 aromatic heterocycles. The Balaban J connectivity index is 1.79. The minimum atomic E-state index is -3.88. The Morgan fingerprint density at radius 2 is 1.80 bits per heavy atom. The summed E-state index contributed by atoms with van der Waals surface area (Å²) < 4.78 is 37.6. The van der Waals surface area contributed by atoms with Gasteiger partial charge < -0.3 is 15.7 Å². The van der Waals surface area contributed by atoms with Crippen molar-refractivity contribution in [3.05, 3.63) is 65.6 Å². The number of anilines is 4. The summed E-state index contributed by atoms with van der Waals surface area (Å²) >= 11 is 0. The van der Waals surface area contributed by atoms with Crippen LogP contribution in [0.4, 0.5) is 27.5 Å². The number of nitrogens with zero attached hydrogens (tertiary/aromatic N) is 2. The predicted molar refractivity (Wildman–Crippen MR) is 113 cm³/mol. The summed E-state index contributed by atoms with van der Waals surface area (Å²) in [6.45, 7) is 1.76. The Morgan fingerprint density at radius 3 is 2.47 bits per heavy atom. The van der Waals surface area contributed by atoms with E-state index in [4.69, 9.17) is 10.2 Å². The summed E-state index contributed by atoms with van der Waals surface area (Å²) in [5, 5.41) is 19.9. The predicted octanol–water partition coefficient (Wildman–Crippen LogP) is 2.98. The number of halogens is 1. The molecule has 0 radical (unpaired) electrons. The molecule has 30 heavy (non-hydrogen) atoms. The normalized spacial score (nSPS) is 11.3. The molecule has 0 atom stereocenters. The second-order valence-corrected chi connectivity index (χ2v) is 8.22. The summed E-state index contributed by atoms with van der Waals surface area (Å²) in [4.78, 5) is 8.00. The van der Waals surface area contributed by atoms with E-state index in [1.165, 1.54) is 6.07 Å². The van der Waals surface area contributed by atoms with Crippen molar-refractivity contribution in [1.29, 1.82) is 0 Å². The maximum absolute atomic E-state index is 14.2. The van der Waals surface area contributed by atoms with Crippen molar-refractivity contribution in [3.63, 3.8) is 0 Å². The zero-order valence-electron chi connectivity index (χ0n) is 16.3.